The number of aryl methyl sites for hydroxylation is 1. The Morgan fingerprint density at radius 2 is 1.69 bits per heavy atom. The Hall–Kier alpha value is -2.82. The van der Waals surface area contributed by atoms with Crippen LogP contribution in [0.25, 0.3) is 0 Å². The van der Waals surface area contributed by atoms with E-state index in [-0.39, 0.29) is 24.8 Å². The predicted molar refractivity (Wildman–Crippen MR) is 144 cm³/mol. The van der Waals surface area contributed by atoms with Crippen molar-refractivity contribution in [2.24, 2.45) is 0 Å². The summed E-state index contributed by atoms with van der Waals surface area (Å²) >= 11 is 12.6. The highest BCUT2D eigenvalue weighted by molar-refractivity contribution is 6.35. The van der Waals surface area contributed by atoms with Crippen molar-refractivity contribution in [1.29, 1.82) is 0 Å². The largest absolute Gasteiger partial charge is 0.354 e. The van der Waals surface area contributed by atoms with Gasteiger partial charge in [0, 0.05) is 29.6 Å². The molecule has 0 aliphatic heterocycles. The first-order chi connectivity index (χ1) is 16.9. The van der Waals surface area contributed by atoms with Crippen LogP contribution in [0.2, 0.25) is 10.0 Å². The van der Waals surface area contributed by atoms with E-state index in [1.54, 1.807) is 17.0 Å². The number of amides is 2. The number of unbranched alkanes of at least 4 members (excludes halogenated alkanes) is 1. The summed E-state index contributed by atoms with van der Waals surface area (Å²) < 4.78 is 0. The maximum atomic E-state index is 13.7. The van der Waals surface area contributed by atoms with Crippen LogP contribution in [-0.2, 0) is 29.0 Å². The zero-order chi connectivity index (χ0) is 25.2. The molecule has 0 bridgehead atoms. The number of carbonyl (C=O) groups is 2. The zero-order valence-corrected chi connectivity index (χ0v) is 21.8. The minimum atomic E-state index is -0.682. The van der Waals surface area contributed by atoms with Crippen molar-refractivity contribution in [2.45, 2.75) is 52.1 Å². The third-order valence-electron chi connectivity index (χ3n) is 5.89. The van der Waals surface area contributed by atoms with Crippen molar-refractivity contribution >= 4 is 35.0 Å². The van der Waals surface area contributed by atoms with Crippen LogP contribution >= 0.6 is 23.2 Å². The normalized spacial score (nSPS) is 11.7. The molecule has 0 fully saturated rings. The first kappa shape index (κ1) is 26.8. The van der Waals surface area contributed by atoms with Crippen molar-refractivity contribution < 1.29 is 9.59 Å². The number of nitrogens with one attached hydrogen (secondary N) is 1. The molecule has 0 radical (unpaired) electrons. The molecule has 184 valence electrons. The van der Waals surface area contributed by atoms with Gasteiger partial charge in [-0.25, -0.2) is 0 Å². The quantitative estimate of drug-likeness (QED) is 0.303. The molecule has 1 N–H and O–H groups in total. The Balaban J connectivity index is 1.97. The molecule has 4 nitrogen and oxygen atoms in total. The number of nitrogens with zero attached hydrogens (tertiary/aromatic N) is 1. The average Bonchev–Trinajstić information content (AvgIpc) is 2.83. The summed E-state index contributed by atoms with van der Waals surface area (Å²) in [5.74, 6) is -0.293. The Morgan fingerprint density at radius 3 is 2.37 bits per heavy atom. The van der Waals surface area contributed by atoms with Gasteiger partial charge in [-0.1, -0.05) is 103 Å². The van der Waals surface area contributed by atoms with Gasteiger partial charge in [0.05, 0.1) is 6.42 Å². The maximum Gasteiger partial charge on any atom is 0.243 e. The molecular weight excluding hydrogens is 479 g/mol. The first-order valence-corrected chi connectivity index (χ1v) is 12.7. The highest BCUT2D eigenvalue weighted by Gasteiger charge is 2.30. The fourth-order valence-electron chi connectivity index (χ4n) is 3.99. The Kier molecular flexibility index (Phi) is 10.2. The summed E-state index contributed by atoms with van der Waals surface area (Å²) in [5.41, 5.74) is 3.72. The molecule has 3 aromatic carbocycles. The number of rotatable bonds is 11. The van der Waals surface area contributed by atoms with Crippen LogP contribution in [0.4, 0.5) is 0 Å². The number of carbonyl (C=O) groups excluding carboxylic acids is 2. The molecule has 0 spiro atoms. The smallest absolute Gasteiger partial charge is 0.243 e. The van der Waals surface area contributed by atoms with Gasteiger partial charge in [0.1, 0.15) is 6.04 Å². The Morgan fingerprint density at radius 1 is 0.943 bits per heavy atom. The van der Waals surface area contributed by atoms with Gasteiger partial charge in [-0.2, -0.15) is 0 Å². The molecule has 35 heavy (non-hydrogen) atoms. The van der Waals surface area contributed by atoms with E-state index in [2.05, 4.69) is 12.2 Å². The van der Waals surface area contributed by atoms with Crippen LogP contribution in [-0.4, -0.2) is 29.3 Å². The summed E-state index contributed by atoms with van der Waals surface area (Å²) in [4.78, 5) is 28.9. The highest BCUT2D eigenvalue weighted by Crippen LogP contribution is 2.24. The molecule has 1 atom stereocenters. The van der Waals surface area contributed by atoms with Gasteiger partial charge in [-0.15, -0.1) is 0 Å². The standard InChI is InChI=1S/C29H32Cl2N2O2/c1-3-4-15-32-29(35)27(17-22-10-6-5-7-11-22)33(20-24-13-14-25(30)19-26(24)31)28(34)18-23-12-8-9-21(2)16-23/h5-14,16,19,27H,3-4,15,17-18,20H2,1-2H3,(H,32,35)/t27-/m0/s1. The van der Waals surface area contributed by atoms with Crippen molar-refractivity contribution in [3.63, 3.8) is 0 Å². The Labute approximate surface area is 218 Å². The fraction of sp³-hybridized carbons (Fsp3) is 0.310. The lowest BCUT2D eigenvalue weighted by Crippen LogP contribution is -2.51. The summed E-state index contributed by atoms with van der Waals surface area (Å²) in [7, 11) is 0. The summed E-state index contributed by atoms with van der Waals surface area (Å²) in [6.07, 6.45) is 2.45. The molecule has 0 aromatic heterocycles. The third kappa shape index (κ3) is 8.12. The number of hydrogen-bond donors (Lipinski definition) is 1. The second-order valence-corrected chi connectivity index (χ2v) is 9.62. The van der Waals surface area contributed by atoms with Gasteiger partial charge >= 0.3 is 0 Å². The van der Waals surface area contributed by atoms with Gasteiger partial charge < -0.3 is 10.2 Å². The fourth-order valence-corrected chi connectivity index (χ4v) is 4.46. The second-order valence-electron chi connectivity index (χ2n) is 8.77. The number of halogens is 2. The van der Waals surface area contributed by atoms with E-state index in [1.165, 1.54) is 0 Å². The molecule has 2 amide bonds. The van der Waals surface area contributed by atoms with Gasteiger partial charge in [0.2, 0.25) is 11.8 Å². The topological polar surface area (TPSA) is 49.4 Å². The number of benzene rings is 3. The predicted octanol–water partition coefficient (Wildman–Crippen LogP) is 6.40. The molecule has 0 aliphatic carbocycles. The first-order valence-electron chi connectivity index (χ1n) is 12.0. The van der Waals surface area contributed by atoms with Crippen LogP contribution in [0.3, 0.4) is 0 Å². The van der Waals surface area contributed by atoms with E-state index in [9.17, 15) is 9.59 Å². The summed E-state index contributed by atoms with van der Waals surface area (Å²) in [5, 5.41) is 4.03. The van der Waals surface area contributed by atoms with Gasteiger partial charge in [0.15, 0.2) is 0 Å². The molecule has 3 aromatic rings. The van der Waals surface area contributed by atoms with E-state index in [1.807, 2.05) is 67.6 Å². The molecule has 0 unspecified atom stereocenters. The second kappa shape index (κ2) is 13.3. The molecule has 0 aliphatic rings. The monoisotopic (exact) mass is 510 g/mol. The van der Waals surface area contributed by atoms with Crippen molar-refractivity contribution in [3.8, 4) is 0 Å². The lowest BCUT2D eigenvalue weighted by atomic mass is 10.0. The molecule has 3 rings (SSSR count). The molecule has 0 heterocycles. The van der Waals surface area contributed by atoms with E-state index < -0.39 is 6.04 Å². The van der Waals surface area contributed by atoms with Crippen molar-refractivity contribution in [1.82, 2.24) is 10.2 Å². The maximum absolute atomic E-state index is 13.7. The van der Waals surface area contributed by atoms with Gasteiger partial charge in [-0.3, -0.25) is 9.59 Å². The van der Waals surface area contributed by atoms with Crippen molar-refractivity contribution in [2.75, 3.05) is 6.54 Å². The molecule has 6 heteroatoms. The minimum Gasteiger partial charge on any atom is -0.354 e. The lowest BCUT2D eigenvalue weighted by Gasteiger charge is -2.32. The van der Waals surface area contributed by atoms with Crippen LogP contribution in [0.1, 0.15) is 42.0 Å². The summed E-state index contributed by atoms with van der Waals surface area (Å²) in [6.45, 7) is 4.86. The Bertz CT molecular complexity index is 1130. The molecule has 0 saturated carbocycles. The van der Waals surface area contributed by atoms with E-state index in [0.29, 0.717) is 23.0 Å². The van der Waals surface area contributed by atoms with Crippen molar-refractivity contribution in [3.05, 3.63) is 105 Å². The third-order valence-corrected chi connectivity index (χ3v) is 6.48. The van der Waals surface area contributed by atoms with Gasteiger partial charge in [-0.05, 0) is 42.2 Å². The molecular formula is C29H32Cl2N2O2. The lowest BCUT2D eigenvalue weighted by molar-refractivity contribution is -0.140. The zero-order valence-electron chi connectivity index (χ0n) is 20.3. The van der Waals surface area contributed by atoms with E-state index in [4.69, 9.17) is 23.2 Å². The number of hydrogen-bond acceptors (Lipinski definition) is 2. The van der Waals surface area contributed by atoms with Crippen LogP contribution < -0.4 is 5.32 Å². The van der Waals surface area contributed by atoms with E-state index in [0.717, 1.165) is 35.1 Å². The van der Waals surface area contributed by atoms with E-state index >= 15 is 0 Å². The van der Waals surface area contributed by atoms with Crippen LogP contribution in [0.15, 0.2) is 72.8 Å². The van der Waals surface area contributed by atoms with Gasteiger partial charge in [0.25, 0.3) is 0 Å². The highest BCUT2D eigenvalue weighted by atomic mass is 35.5. The minimum absolute atomic E-state index is 0.131. The van der Waals surface area contributed by atoms with Crippen LogP contribution in [0.5, 0.6) is 0 Å². The average molecular weight is 511 g/mol. The summed E-state index contributed by atoms with van der Waals surface area (Å²) in [6, 6.07) is 22.2. The van der Waals surface area contributed by atoms with Crippen LogP contribution in [0, 0.1) is 6.92 Å². The molecule has 0 saturated heterocycles. The SMILES string of the molecule is CCCCNC(=O)[C@H](Cc1ccccc1)N(Cc1ccc(Cl)cc1Cl)C(=O)Cc1cccc(C)c1.